The van der Waals surface area contributed by atoms with Crippen LogP contribution in [0.3, 0.4) is 0 Å². The maximum atomic E-state index is 6.07. The van der Waals surface area contributed by atoms with E-state index in [-0.39, 0.29) is 0 Å². The molecule has 1 unspecified atom stereocenters. The summed E-state index contributed by atoms with van der Waals surface area (Å²) >= 11 is 0. The van der Waals surface area contributed by atoms with Crippen molar-refractivity contribution in [1.29, 1.82) is 0 Å². The molecule has 0 radical (unpaired) electrons. The Morgan fingerprint density at radius 2 is 1.62 bits per heavy atom. The second kappa shape index (κ2) is 7.11. The van der Waals surface area contributed by atoms with Gasteiger partial charge in [0.1, 0.15) is 0 Å². The summed E-state index contributed by atoms with van der Waals surface area (Å²) in [5.41, 5.74) is 0. The molecule has 0 saturated heterocycles. The Morgan fingerprint density at radius 3 is 2.50 bits per heavy atom. The monoisotopic (exact) mass is 222 g/mol. The zero-order chi connectivity index (χ0) is 11.1. The summed E-state index contributed by atoms with van der Waals surface area (Å²) in [6.07, 6.45) is 18.7. The Morgan fingerprint density at radius 1 is 0.875 bits per heavy atom. The summed E-state index contributed by atoms with van der Waals surface area (Å²) in [7, 11) is 0. The largest absolute Gasteiger partial charge is 0.374 e. The summed E-state index contributed by atoms with van der Waals surface area (Å²) in [4.78, 5) is 0. The number of allylic oxidation sites excluding steroid dienone is 1. The van der Waals surface area contributed by atoms with E-state index in [1.807, 2.05) is 0 Å². The van der Waals surface area contributed by atoms with Crippen molar-refractivity contribution in [2.75, 3.05) is 6.61 Å². The van der Waals surface area contributed by atoms with Crippen molar-refractivity contribution in [3.63, 3.8) is 0 Å². The Kier molecular flexibility index (Phi) is 5.41. The van der Waals surface area contributed by atoms with Crippen molar-refractivity contribution < 1.29 is 4.74 Å². The van der Waals surface area contributed by atoms with Crippen LogP contribution in [0.4, 0.5) is 0 Å². The molecule has 0 aliphatic heterocycles. The van der Waals surface area contributed by atoms with Gasteiger partial charge in [0.05, 0.1) is 12.7 Å². The molecule has 2 aliphatic rings. The number of hydrogen-bond acceptors (Lipinski definition) is 1. The van der Waals surface area contributed by atoms with Crippen LogP contribution in [0, 0.1) is 5.92 Å². The molecule has 0 spiro atoms. The van der Waals surface area contributed by atoms with Crippen molar-refractivity contribution in [3.05, 3.63) is 12.2 Å². The molecule has 1 fully saturated rings. The minimum atomic E-state index is 0.419. The van der Waals surface area contributed by atoms with Crippen molar-refractivity contribution in [2.24, 2.45) is 5.92 Å². The fraction of sp³-hybridized carbons (Fsp3) is 0.867. The maximum Gasteiger partial charge on any atom is 0.0755 e. The van der Waals surface area contributed by atoms with Gasteiger partial charge in [0.2, 0.25) is 0 Å². The highest BCUT2D eigenvalue weighted by molar-refractivity contribution is 4.91. The SMILES string of the molecule is C1=CC(OCC2CCCCC2)CCCCC1. The zero-order valence-corrected chi connectivity index (χ0v) is 10.5. The van der Waals surface area contributed by atoms with Crippen LogP contribution in [0.15, 0.2) is 12.2 Å². The molecule has 1 heteroatoms. The smallest absolute Gasteiger partial charge is 0.0755 e. The first-order valence-corrected chi connectivity index (χ1v) is 7.23. The van der Waals surface area contributed by atoms with E-state index in [2.05, 4.69) is 12.2 Å². The fourth-order valence-electron chi connectivity index (χ4n) is 2.88. The van der Waals surface area contributed by atoms with E-state index in [1.54, 1.807) is 0 Å². The van der Waals surface area contributed by atoms with Crippen molar-refractivity contribution >= 4 is 0 Å². The molecule has 1 saturated carbocycles. The molecule has 0 aromatic carbocycles. The Bertz CT molecular complexity index is 203. The molecule has 0 N–H and O–H groups in total. The first-order chi connectivity index (χ1) is 7.95. The van der Waals surface area contributed by atoms with Crippen LogP contribution in [-0.2, 0) is 4.74 Å². The minimum Gasteiger partial charge on any atom is -0.374 e. The standard InChI is InChI=1S/C15H26O/c1-2-7-11-15(12-8-3-1)16-13-14-9-5-4-6-10-14/h7,11,14-15H,1-6,8-10,12-13H2. The first-order valence-electron chi connectivity index (χ1n) is 7.23. The average Bonchev–Trinajstić information content (AvgIpc) is 2.29. The summed E-state index contributed by atoms with van der Waals surface area (Å²) in [6, 6.07) is 0. The quantitative estimate of drug-likeness (QED) is 0.640. The minimum absolute atomic E-state index is 0.419. The lowest BCUT2D eigenvalue weighted by atomic mass is 9.90. The van der Waals surface area contributed by atoms with Crippen LogP contribution < -0.4 is 0 Å². The molecule has 1 nitrogen and oxygen atoms in total. The molecule has 2 aliphatic carbocycles. The Hall–Kier alpha value is -0.300. The molecule has 0 aromatic rings. The molecule has 0 bridgehead atoms. The van der Waals surface area contributed by atoms with Crippen LogP contribution in [0.1, 0.15) is 64.2 Å². The zero-order valence-electron chi connectivity index (χ0n) is 10.5. The summed E-state index contributed by atoms with van der Waals surface area (Å²) in [6.45, 7) is 1.01. The van der Waals surface area contributed by atoms with E-state index in [4.69, 9.17) is 4.74 Å². The topological polar surface area (TPSA) is 9.23 Å². The van der Waals surface area contributed by atoms with Gasteiger partial charge in [-0.05, 0) is 38.0 Å². The molecule has 2 rings (SSSR count). The Labute approximate surface area is 100 Å². The predicted octanol–water partition coefficient (Wildman–Crippen LogP) is 4.47. The highest BCUT2D eigenvalue weighted by Gasteiger charge is 2.15. The van der Waals surface area contributed by atoms with Gasteiger partial charge in [-0.25, -0.2) is 0 Å². The van der Waals surface area contributed by atoms with Gasteiger partial charge < -0.3 is 4.74 Å². The fourth-order valence-corrected chi connectivity index (χ4v) is 2.88. The molecular weight excluding hydrogens is 196 g/mol. The second-order valence-electron chi connectivity index (χ2n) is 5.44. The van der Waals surface area contributed by atoms with Crippen LogP contribution in [0.2, 0.25) is 0 Å². The third kappa shape index (κ3) is 4.29. The van der Waals surface area contributed by atoms with Crippen molar-refractivity contribution in [1.82, 2.24) is 0 Å². The third-order valence-electron chi connectivity index (χ3n) is 3.98. The predicted molar refractivity (Wildman–Crippen MR) is 68.5 cm³/mol. The molecule has 0 aromatic heterocycles. The normalized spacial score (nSPS) is 28.6. The molecule has 92 valence electrons. The van der Waals surface area contributed by atoms with E-state index >= 15 is 0 Å². The van der Waals surface area contributed by atoms with Crippen molar-refractivity contribution in [3.8, 4) is 0 Å². The third-order valence-corrected chi connectivity index (χ3v) is 3.98. The first kappa shape index (κ1) is 12.2. The van der Waals surface area contributed by atoms with Gasteiger partial charge in [-0.2, -0.15) is 0 Å². The lowest BCUT2D eigenvalue weighted by molar-refractivity contribution is 0.0403. The van der Waals surface area contributed by atoms with Gasteiger partial charge in [-0.1, -0.05) is 44.3 Å². The van der Waals surface area contributed by atoms with Crippen molar-refractivity contribution in [2.45, 2.75) is 70.3 Å². The van der Waals surface area contributed by atoms with Crippen LogP contribution in [0.25, 0.3) is 0 Å². The summed E-state index contributed by atoms with van der Waals surface area (Å²) < 4.78 is 6.07. The van der Waals surface area contributed by atoms with Gasteiger partial charge in [0.25, 0.3) is 0 Å². The second-order valence-corrected chi connectivity index (χ2v) is 5.44. The summed E-state index contributed by atoms with van der Waals surface area (Å²) in [5, 5.41) is 0. The van der Waals surface area contributed by atoms with Gasteiger partial charge in [0.15, 0.2) is 0 Å². The highest BCUT2D eigenvalue weighted by Crippen LogP contribution is 2.25. The molecular formula is C15H26O. The van der Waals surface area contributed by atoms with E-state index in [0.717, 1.165) is 12.5 Å². The number of ether oxygens (including phenoxy) is 1. The van der Waals surface area contributed by atoms with E-state index in [0.29, 0.717) is 6.10 Å². The molecule has 0 heterocycles. The molecule has 0 amide bonds. The number of hydrogen-bond donors (Lipinski definition) is 0. The molecule has 1 atom stereocenters. The van der Waals surface area contributed by atoms with Gasteiger partial charge in [0, 0.05) is 0 Å². The molecule has 16 heavy (non-hydrogen) atoms. The van der Waals surface area contributed by atoms with Gasteiger partial charge in [-0.3, -0.25) is 0 Å². The maximum absolute atomic E-state index is 6.07. The lowest BCUT2D eigenvalue weighted by Gasteiger charge is -2.24. The van der Waals surface area contributed by atoms with E-state index in [9.17, 15) is 0 Å². The number of rotatable bonds is 3. The van der Waals surface area contributed by atoms with Crippen LogP contribution in [0.5, 0.6) is 0 Å². The van der Waals surface area contributed by atoms with Crippen LogP contribution in [-0.4, -0.2) is 12.7 Å². The van der Waals surface area contributed by atoms with Crippen LogP contribution >= 0.6 is 0 Å². The van der Waals surface area contributed by atoms with E-state index < -0.39 is 0 Å². The van der Waals surface area contributed by atoms with Gasteiger partial charge >= 0.3 is 0 Å². The summed E-state index contributed by atoms with van der Waals surface area (Å²) in [5.74, 6) is 0.854. The van der Waals surface area contributed by atoms with E-state index in [1.165, 1.54) is 64.2 Å². The lowest BCUT2D eigenvalue weighted by Crippen LogP contribution is -2.19. The van der Waals surface area contributed by atoms with Gasteiger partial charge in [-0.15, -0.1) is 0 Å². The Balaban J connectivity index is 1.68. The highest BCUT2D eigenvalue weighted by atomic mass is 16.5. The average molecular weight is 222 g/mol.